The van der Waals surface area contributed by atoms with E-state index in [0.717, 1.165) is 11.1 Å². The van der Waals surface area contributed by atoms with E-state index in [4.69, 9.17) is 14.2 Å². The van der Waals surface area contributed by atoms with Crippen molar-refractivity contribution in [2.75, 3.05) is 20.8 Å². The molecule has 0 bridgehead atoms. The Morgan fingerprint density at radius 3 is 2.46 bits per heavy atom. The molecule has 6 nitrogen and oxygen atoms in total. The zero-order valence-electron chi connectivity index (χ0n) is 16.4. The Bertz CT molecular complexity index is 832. The summed E-state index contributed by atoms with van der Waals surface area (Å²) in [6.07, 6.45) is 2.19. The quantitative estimate of drug-likeness (QED) is 0.530. The lowest BCUT2D eigenvalue weighted by Crippen LogP contribution is -2.31. The first-order chi connectivity index (χ1) is 13.5. The summed E-state index contributed by atoms with van der Waals surface area (Å²) in [4.78, 5) is 24.5. The van der Waals surface area contributed by atoms with Crippen LogP contribution in [0.1, 0.15) is 34.5 Å². The van der Waals surface area contributed by atoms with Gasteiger partial charge >= 0.3 is 5.97 Å². The SMILES string of the molecule is C=CCc1cc(C(=O)OCC(=O)NC(C)c2ccccc2)cc(OC)c1OC. The van der Waals surface area contributed by atoms with Gasteiger partial charge in [-0.05, 0) is 31.0 Å². The lowest BCUT2D eigenvalue weighted by Gasteiger charge is -2.15. The fraction of sp³-hybridized carbons (Fsp3) is 0.273. The van der Waals surface area contributed by atoms with E-state index in [1.165, 1.54) is 20.3 Å². The van der Waals surface area contributed by atoms with Gasteiger partial charge < -0.3 is 19.5 Å². The van der Waals surface area contributed by atoms with E-state index in [0.29, 0.717) is 17.9 Å². The topological polar surface area (TPSA) is 73.9 Å². The molecule has 1 N–H and O–H groups in total. The van der Waals surface area contributed by atoms with Gasteiger partial charge in [0.15, 0.2) is 18.1 Å². The van der Waals surface area contributed by atoms with E-state index >= 15 is 0 Å². The second-order valence-corrected chi connectivity index (χ2v) is 6.14. The van der Waals surface area contributed by atoms with Crippen molar-refractivity contribution in [3.8, 4) is 11.5 Å². The molecule has 0 aliphatic heterocycles. The van der Waals surface area contributed by atoms with Crippen molar-refractivity contribution in [3.05, 3.63) is 71.8 Å². The fourth-order valence-corrected chi connectivity index (χ4v) is 2.79. The van der Waals surface area contributed by atoms with E-state index < -0.39 is 5.97 Å². The van der Waals surface area contributed by atoms with Crippen LogP contribution in [-0.2, 0) is 16.0 Å². The van der Waals surface area contributed by atoms with Gasteiger partial charge in [0.1, 0.15) is 0 Å². The van der Waals surface area contributed by atoms with Crippen molar-refractivity contribution < 1.29 is 23.8 Å². The van der Waals surface area contributed by atoms with Crippen LogP contribution < -0.4 is 14.8 Å². The second kappa shape index (κ2) is 10.2. The van der Waals surface area contributed by atoms with Crippen molar-refractivity contribution in [2.24, 2.45) is 0 Å². The monoisotopic (exact) mass is 383 g/mol. The molecule has 148 valence electrons. The van der Waals surface area contributed by atoms with Crippen molar-refractivity contribution in [3.63, 3.8) is 0 Å². The Hall–Kier alpha value is -3.28. The molecule has 1 unspecified atom stereocenters. The van der Waals surface area contributed by atoms with Crippen LogP contribution in [0.3, 0.4) is 0 Å². The highest BCUT2D eigenvalue weighted by Crippen LogP contribution is 2.33. The molecule has 0 fully saturated rings. The maximum Gasteiger partial charge on any atom is 0.338 e. The number of allylic oxidation sites excluding steroid dienone is 1. The Kier molecular flexibility index (Phi) is 7.63. The third-order valence-electron chi connectivity index (χ3n) is 4.17. The van der Waals surface area contributed by atoms with Gasteiger partial charge in [-0.25, -0.2) is 4.79 Å². The highest BCUT2D eigenvalue weighted by Gasteiger charge is 2.18. The minimum atomic E-state index is -0.617. The Labute approximate surface area is 165 Å². The lowest BCUT2D eigenvalue weighted by molar-refractivity contribution is -0.124. The number of esters is 1. The van der Waals surface area contributed by atoms with Crippen LogP contribution in [0.25, 0.3) is 0 Å². The molecule has 2 aromatic rings. The summed E-state index contributed by atoms with van der Waals surface area (Å²) in [5.41, 5.74) is 1.99. The van der Waals surface area contributed by atoms with Crippen LogP contribution in [0.2, 0.25) is 0 Å². The largest absolute Gasteiger partial charge is 0.493 e. The van der Waals surface area contributed by atoms with Crippen LogP contribution in [0.5, 0.6) is 11.5 Å². The first kappa shape index (κ1) is 21.0. The van der Waals surface area contributed by atoms with Crippen LogP contribution in [0.4, 0.5) is 0 Å². The highest BCUT2D eigenvalue weighted by atomic mass is 16.5. The van der Waals surface area contributed by atoms with E-state index in [1.807, 2.05) is 37.3 Å². The number of carbonyl (C=O) groups is 2. The average molecular weight is 383 g/mol. The molecule has 0 aliphatic rings. The van der Waals surface area contributed by atoms with Crippen molar-refractivity contribution >= 4 is 11.9 Å². The van der Waals surface area contributed by atoms with Gasteiger partial charge in [0, 0.05) is 5.56 Å². The highest BCUT2D eigenvalue weighted by molar-refractivity contribution is 5.92. The first-order valence-electron chi connectivity index (χ1n) is 8.87. The number of hydrogen-bond acceptors (Lipinski definition) is 5. The van der Waals surface area contributed by atoms with Gasteiger partial charge in [-0.1, -0.05) is 36.4 Å². The van der Waals surface area contributed by atoms with E-state index in [2.05, 4.69) is 11.9 Å². The molecule has 0 saturated heterocycles. The molecular weight excluding hydrogens is 358 g/mol. The molecule has 0 aromatic heterocycles. The van der Waals surface area contributed by atoms with Crippen molar-refractivity contribution in [1.82, 2.24) is 5.32 Å². The number of benzene rings is 2. The third-order valence-corrected chi connectivity index (χ3v) is 4.17. The smallest absolute Gasteiger partial charge is 0.338 e. The van der Waals surface area contributed by atoms with Crippen molar-refractivity contribution in [1.29, 1.82) is 0 Å². The van der Waals surface area contributed by atoms with Crippen LogP contribution in [0, 0.1) is 0 Å². The molecule has 0 spiro atoms. The number of hydrogen-bond donors (Lipinski definition) is 1. The maximum atomic E-state index is 12.4. The van der Waals surface area contributed by atoms with E-state index in [9.17, 15) is 9.59 Å². The van der Waals surface area contributed by atoms with Gasteiger partial charge in [-0.3, -0.25) is 4.79 Å². The zero-order chi connectivity index (χ0) is 20.5. The minimum absolute atomic E-state index is 0.187. The van der Waals surface area contributed by atoms with Gasteiger partial charge in [-0.15, -0.1) is 6.58 Å². The normalized spacial score (nSPS) is 11.2. The molecule has 2 rings (SSSR count). The summed E-state index contributed by atoms with van der Waals surface area (Å²) < 4.78 is 15.8. The summed E-state index contributed by atoms with van der Waals surface area (Å²) in [5.74, 6) is -0.0467. The molecule has 28 heavy (non-hydrogen) atoms. The number of carbonyl (C=O) groups excluding carboxylic acids is 2. The second-order valence-electron chi connectivity index (χ2n) is 6.14. The molecule has 1 amide bonds. The van der Waals surface area contributed by atoms with Gasteiger partial charge in [0.25, 0.3) is 5.91 Å². The molecule has 0 heterocycles. The maximum absolute atomic E-state index is 12.4. The molecular formula is C22H25NO5. The Morgan fingerprint density at radius 1 is 1.14 bits per heavy atom. The average Bonchev–Trinajstić information content (AvgIpc) is 2.72. The van der Waals surface area contributed by atoms with Crippen LogP contribution in [-0.4, -0.2) is 32.7 Å². The summed E-state index contributed by atoms with van der Waals surface area (Å²) in [7, 11) is 3.02. The predicted octanol–water partition coefficient (Wildman–Crippen LogP) is 3.47. The lowest BCUT2D eigenvalue weighted by atomic mass is 10.1. The molecule has 6 heteroatoms. The third kappa shape index (κ3) is 5.36. The minimum Gasteiger partial charge on any atom is -0.493 e. The standard InChI is InChI=1S/C22H25NO5/c1-5-9-17-12-18(13-19(26-3)21(17)27-4)22(25)28-14-20(24)23-15(2)16-10-7-6-8-11-16/h5-8,10-13,15H,1,9,14H2,2-4H3,(H,23,24). The van der Waals surface area contributed by atoms with Crippen molar-refractivity contribution in [2.45, 2.75) is 19.4 Å². The summed E-state index contributed by atoms with van der Waals surface area (Å²) in [6, 6.07) is 12.5. The van der Waals surface area contributed by atoms with Crippen LogP contribution >= 0.6 is 0 Å². The Balaban J connectivity index is 2.03. The molecule has 0 radical (unpaired) electrons. The number of nitrogens with one attached hydrogen (secondary N) is 1. The molecule has 1 atom stereocenters. The summed E-state index contributed by atoms with van der Waals surface area (Å²) in [5, 5.41) is 2.80. The molecule has 2 aromatic carbocycles. The van der Waals surface area contributed by atoms with E-state index in [1.54, 1.807) is 12.1 Å². The van der Waals surface area contributed by atoms with E-state index in [-0.39, 0.29) is 24.1 Å². The number of rotatable bonds is 9. The number of ether oxygens (including phenoxy) is 3. The van der Waals surface area contributed by atoms with Gasteiger partial charge in [-0.2, -0.15) is 0 Å². The van der Waals surface area contributed by atoms with Gasteiger partial charge in [0.05, 0.1) is 25.8 Å². The number of methoxy groups -OCH3 is 2. The van der Waals surface area contributed by atoms with Gasteiger partial charge in [0.2, 0.25) is 0 Å². The Morgan fingerprint density at radius 2 is 1.86 bits per heavy atom. The zero-order valence-corrected chi connectivity index (χ0v) is 16.4. The first-order valence-corrected chi connectivity index (χ1v) is 8.87. The summed E-state index contributed by atoms with van der Waals surface area (Å²) >= 11 is 0. The molecule has 0 saturated carbocycles. The number of amides is 1. The fourth-order valence-electron chi connectivity index (χ4n) is 2.79. The predicted molar refractivity (Wildman–Crippen MR) is 107 cm³/mol. The van der Waals surface area contributed by atoms with Crippen LogP contribution in [0.15, 0.2) is 55.1 Å². The summed E-state index contributed by atoms with van der Waals surface area (Å²) in [6.45, 7) is 5.20. The molecule has 0 aliphatic carbocycles.